The highest BCUT2D eigenvalue weighted by atomic mass is 16.5. The molecule has 0 aliphatic carbocycles. The van der Waals surface area contributed by atoms with Gasteiger partial charge >= 0.3 is 5.97 Å². The number of esters is 1. The minimum atomic E-state index is -0.388. The van der Waals surface area contributed by atoms with Gasteiger partial charge in [-0.2, -0.15) is 0 Å². The van der Waals surface area contributed by atoms with Crippen LogP contribution in [0, 0.1) is 5.92 Å². The van der Waals surface area contributed by atoms with Crippen molar-refractivity contribution in [2.75, 3.05) is 12.4 Å². The molecule has 0 radical (unpaired) electrons. The van der Waals surface area contributed by atoms with E-state index >= 15 is 0 Å². The third kappa shape index (κ3) is 3.12. The Morgan fingerprint density at radius 3 is 2.81 bits per heavy atom. The van der Waals surface area contributed by atoms with E-state index in [4.69, 9.17) is 9.47 Å². The van der Waals surface area contributed by atoms with Gasteiger partial charge < -0.3 is 14.8 Å². The Kier molecular flexibility index (Phi) is 4.28. The fourth-order valence-electron chi connectivity index (χ4n) is 3.36. The van der Waals surface area contributed by atoms with E-state index in [0.717, 1.165) is 16.8 Å². The Labute approximate surface area is 157 Å². The molecule has 0 saturated carbocycles. The lowest BCUT2D eigenvalue weighted by Crippen LogP contribution is -2.13. The van der Waals surface area contributed by atoms with E-state index < -0.39 is 0 Å². The zero-order chi connectivity index (χ0) is 19.0. The minimum absolute atomic E-state index is 0.0924. The zero-order valence-corrected chi connectivity index (χ0v) is 15.1. The summed E-state index contributed by atoms with van der Waals surface area (Å²) in [6.07, 6.45) is 3.63. The number of methoxy groups -OCH3 is 1. The molecular weight excluding hydrogens is 342 g/mol. The number of carbonyl (C=O) groups is 2. The number of anilines is 1. The van der Waals surface area contributed by atoms with Crippen LogP contribution in [0.4, 0.5) is 5.69 Å². The third-order valence-corrected chi connectivity index (χ3v) is 4.80. The van der Waals surface area contributed by atoms with Gasteiger partial charge in [0.1, 0.15) is 11.9 Å². The number of amides is 1. The molecule has 2 aliphatic rings. The number of benzene rings is 2. The maximum absolute atomic E-state index is 12.3. The molecular formula is C22H19NO4. The molecule has 2 atom stereocenters. The van der Waals surface area contributed by atoms with Gasteiger partial charge in [0.2, 0.25) is 0 Å². The number of carbonyl (C=O) groups excluding carboxylic acids is 2. The zero-order valence-electron chi connectivity index (χ0n) is 15.1. The first-order valence-electron chi connectivity index (χ1n) is 8.76. The summed E-state index contributed by atoms with van der Waals surface area (Å²) in [6, 6.07) is 14.7. The van der Waals surface area contributed by atoms with E-state index in [2.05, 4.69) is 5.32 Å². The molecule has 5 nitrogen and oxygen atoms in total. The molecule has 5 heteroatoms. The Morgan fingerprint density at radius 2 is 2.00 bits per heavy atom. The number of fused-ring (bicyclic) bond motifs is 1. The highest BCUT2D eigenvalue weighted by Gasteiger charge is 2.30. The summed E-state index contributed by atoms with van der Waals surface area (Å²) >= 11 is 0. The van der Waals surface area contributed by atoms with Crippen molar-refractivity contribution in [3.63, 3.8) is 0 Å². The lowest BCUT2D eigenvalue weighted by Gasteiger charge is -2.14. The van der Waals surface area contributed by atoms with Crippen LogP contribution in [-0.2, 0) is 14.3 Å². The van der Waals surface area contributed by atoms with Gasteiger partial charge in [-0.15, -0.1) is 0 Å². The molecule has 2 aromatic rings. The summed E-state index contributed by atoms with van der Waals surface area (Å²) in [5.41, 5.74) is 3.61. The topological polar surface area (TPSA) is 64.6 Å². The first-order chi connectivity index (χ1) is 13.1. The molecule has 4 rings (SSSR count). The Bertz CT molecular complexity index is 989. The molecule has 2 unspecified atom stereocenters. The molecule has 136 valence electrons. The summed E-state index contributed by atoms with van der Waals surface area (Å²) < 4.78 is 10.9. The summed E-state index contributed by atoms with van der Waals surface area (Å²) in [5.74, 6) is 0.283. The van der Waals surface area contributed by atoms with Crippen molar-refractivity contribution in [3.05, 3.63) is 77.4 Å². The van der Waals surface area contributed by atoms with Crippen molar-refractivity contribution in [2.45, 2.75) is 13.0 Å². The average Bonchev–Trinajstić information content (AvgIpc) is 3.21. The largest absolute Gasteiger partial charge is 0.485 e. The van der Waals surface area contributed by atoms with Gasteiger partial charge in [-0.25, -0.2) is 4.79 Å². The van der Waals surface area contributed by atoms with Crippen molar-refractivity contribution < 1.29 is 19.1 Å². The summed E-state index contributed by atoms with van der Waals surface area (Å²) in [4.78, 5) is 24.1. The van der Waals surface area contributed by atoms with Crippen LogP contribution in [0.2, 0.25) is 0 Å². The standard InChI is InChI=1S/C22H19NO4/c1-13-10-20(14-6-5-7-15(11-14)22(25)26-2)27-19(13)12-17-16-8-3-4-9-18(16)23-21(17)24/h3-13,19H,1-2H3,(H,23,24)/b17-12+. The predicted octanol–water partition coefficient (Wildman–Crippen LogP) is 3.88. The molecule has 0 spiro atoms. The second-order valence-electron chi connectivity index (χ2n) is 6.62. The van der Waals surface area contributed by atoms with E-state index in [9.17, 15) is 9.59 Å². The number of hydrogen-bond donors (Lipinski definition) is 1. The highest BCUT2D eigenvalue weighted by molar-refractivity contribution is 6.31. The Hall–Kier alpha value is -3.34. The first kappa shape index (κ1) is 17.1. The number of ether oxygens (including phenoxy) is 2. The molecule has 0 saturated heterocycles. The molecule has 1 N–H and O–H groups in total. The minimum Gasteiger partial charge on any atom is -0.485 e. The quantitative estimate of drug-likeness (QED) is 0.665. The first-order valence-corrected chi connectivity index (χ1v) is 8.76. The van der Waals surface area contributed by atoms with E-state index in [1.165, 1.54) is 7.11 Å². The second kappa shape index (κ2) is 6.76. The second-order valence-corrected chi connectivity index (χ2v) is 6.62. The van der Waals surface area contributed by atoms with Crippen molar-refractivity contribution in [1.82, 2.24) is 0 Å². The summed E-state index contributed by atoms with van der Waals surface area (Å²) in [5, 5.41) is 2.87. The number of para-hydroxylation sites is 1. The number of hydrogen-bond acceptors (Lipinski definition) is 4. The monoisotopic (exact) mass is 361 g/mol. The molecule has 2 aliphatic heterocycles. The third-order valence-electron chi connectivity index (χ3n) is 4.80. The van der Waals surface area contributed by atoms with Crippen LogP contribution < -0.4 is 5.32 Å². The van der Waals surface area contributed by atoms with Gasteiger partial charge in [0.15, 0.2) is 0 Å². The van der Waals surface area contributed by atoms with Crippen LogP contribution in [0.15, 0.2) is 60.7 Å². The van der Waals surface area contributed by atoms with Crippen LogP contribution in [0.3, 0.4) is 0 Å². The van der Waals surface area contributed by atoms with Gasteiger partial charge in [-0.3, -0.25) is 4.79 Å². The van der Waals surface area contributed by atoms with Gasteiger partial charge in [0.05, 0.1) is 12.7 Å². The predicted molar refractivity (Wildman–Crippen MR) is 103 cm³/mol. The normalized spacial score (nSPS) is 22.1. The van der Waals surface area contributed by atoms with Crippen molar-refractivity contribution in [2.24, 2.45) is 5.92 Å². The highest BCUT2D eigenvalue weighted by Crippen LogP contribution is 2.36. The van der Waals surface area contributed by atoms with Crippen LogP contribution in [0.25, 0.3) is 11.3 Å². The smallest absolute Gasteiger partial charge is 0.337 e. The van der Waals surface area contributed by atoms with Crippen molar-refractivity contribution >= 4 is 28.9 Å². The average molecular weight is 361 g/mol. The SMILES string of the molecule is COC(=O)c1cccc(C2=CC(C)C(/C=C3/C(=O)Nc4ccccc43)O2)c1. The maximum atomic E-state index is 12.3. The summed E-state index contributed by atoms with van der Waals surface area (Å²) in [7, 11) is 1.36. The molecule has 27 heavy (non-hydrogen) atoms. The Balaban J connectivity index is 1.60. The van der Waals surface area contributed by atoms with E-state index in [1.807, 2.05) is 49.4 Å². The van der Waals surface area contributed by atoms with Crippen LogP contribution in [0.5, 0.6) is 0 Å². The van der Waals surface area contributed by atoms with Gasteiger partial charge in [0, 0.05) is 28.3 Å². The molecule has 2 heterocycles. The molecule has 0 aromatic heterocycles. The van der Waals surface area contributed by atoms with Crippen LogP contribution >= 0.6 is 0 Å². The van der Waals surface area contributed by atoms with E-state index in [-0.39, 0.29) is 23.9 Å². The van der Waals surface area contributed by atoms with Crippen molar-refractivity contribution in [3.8, 4) is 0 Å². The van der Waals surface area contributed by atoms with Gasteiger partial charge in [0.25, 0.3) is 5.91 Å². The van der Waals surface area contributed by atoms with Gasteiger partial charge in [-0.05, 0) is 30.4 Å². The molecule has 1 amide bonds. The fraction of sp³-hybridized carbons (Fsp3) is 0.182. The Morgan fingerprint density at radius 1 is 1.19 bits per heavy atom. The van der Waals surface area contributed by atoms with Gasteiger partial charge in [-0.1, -0.05) is 37.3 Å². The number of rotatable bonds is 3. The maximum Gasteiger partial charge on any atom is 0.337 e. The molecule has 0 bridgehead atoms. The molecule has 2 aromatic carbocycles. The van der Waals surface area contributed by atoms with E-state index in [1.54, 1.807) is 18.2 Å². The fourth-order valence-corrected chi connectivity index (χ4v) is 3.36. The van der Waals surface area contributed by atoms with E-state index in [0.29, 0.717) is 16.9 Å². The number of nitrogens with one attached hydrogen (secondary N) is 1. The summed E-state index contributed by atoms with van der Waals surface area (Å²) in [6.45, 7) is 2.04. The lowest BCUT2D eigenvalue weighted by atomic mass is 9.99. The lowest BCUT2D eigenvalue weighted by molar-refractivity contribution is -0.110. The van der Waals surface area contributed by atoms with Crippen LogP contribution in [-0.4, -0.2) is 25.1 Å². The molecule has 0 fully saturated rings. The van der Waals surface area contributed by atoms with Crippen LogP contribution in [0.1, 0.15) is 28.4 Å². The van der Waals surface area contributed by atoms with Crippen molar-refractivity contribution in [1.29, 1.82) is 0 Å².